The van der Waals surface area contributed by atoms with Gasteiger partial charge in [0, 0.05) is 12.0 Å². The quantitative estimate of drug-likeness (QED) is 0.554. The van der Waals surface area contributed by atoms with E-state index in [4.69, 9.17) is 4.42 Å². The molecule has 114 valence electrons. The maximum atomic E-state index is 5.98. The van der Waals surface area contributed by atoms with Crippen LogP contribution in [0.25, 0.3) is 0 Å². The van der Waals surface area contributed by atoms with Crippen LogP contribution in [-0.2, 0) is 18.3 Å². The van der Waals surface area contributed by atoms with Gasteiger partial charge in [-0.2, -0.15) is 0 Å². The van der Waals surface area contributed by atoms with E-state index in [0.717, 1.165) is 25.2 Å². The first kappa shape index (κ1) is 14.7. The maximum absolute atomic E-state index is 5.98. The molecule has 0 unspecified atom stereocenters. The van der Waals surface area contributed by atoms with E-state index >= 15 is 0 Å². The standard InChI is InChI=1S/C20H28O/c1-14-6-5-7-15(2)12-18-19-16(13-21-18)9-11-17(10-8-14)20(19,3)4/h7,13,17H,1,5-6,8-12H2,2-4H3/b15-7+/t17-/m1/s1. The molecule has 0 N–H and O–H groups in total. The Kier molecular flexibility index (Phi) is 3.86. The fraction of sp³-hybridized carbons (Fsp3) is 0.600. The van der Waals surface area contributed by atoms with E-state index in [1.165, 1.54) is 53.7 Å². The molecule has 3 rings (SSSR count). The zero-order valence-corrected chi connectivity index (χ0v) is 13.8. The molecule has 0 aliphatic heterocycles. The summed E-state index contributed by atoms with van der Waals surface area (Å²) < 4.78 is 5.98. The van der Waals surface area contributed by atoms with Crippen LogP contribution in [0.5, 0.6) is 0 Å². The second kappa shape index (κ2) is 5.51. The Labute approximate surface area is 129 Å². The molecule has 2 aliphatic rings. The highest BCUT2D eigenvalue weighted by Gasteiger charge is 2.39. The van der Waals surface area contributed by atoms with Gasteiger partial charge >= 0.3 is 0 Å². The topological polar surface area (TPSA) is 13.1 Å². The Bertz CT molecular complexity index is 571. The molecule has 2 bridgehead atoms. The second-order valence-corrected chi connectivity index (χ2v) is 7.57. The smallest absolute Gasteiger partial charge is 0.111 e. The van der Waals surface area contributed by atoms with Crippen molar-refractivity contribution in [1.82, 2.24) is 0 Å². The molecule has 1 nitrogen and oxygen atoms in total. The van der Waals surface area contributed by atoms with Crippen molar-refractivity contribution in [1.29, 1.82) is 0 Å². The Morgan fingerprint density at radius 3 is 2.76 bits per heavy atom. The first-order valence-corrected chi connectivity index (χ1v) is 8.40. The van der Waals surface area contributed by atoms with E-state index in [-0.39, 0.29) is 5.41 Å². The molecule has 1 aromatic rings. The maximum Gasteiger partial charge on any atom is 0.111 e. The van der Waals surface area contributed by atoms with Gasteiger partial charge in [-0.1, -0.05) is 37.6 Å². The number of hydrogen-bond acceptors (Lipinski definition) is 1. The third kappa shape index (κ3) is 2.75. The Morgan fingerprint density at radius 1 is 1.19 bits per heavy atom. The summed E-state index contributed by atoms with van der Waals surface area (Å²) in [7, 11) is 0. The fourth-order valence-electron chi connectivity index (χ4n) is 4.28. The van der Waals surface area contributed by atoms with E-state index in [1.807, 2.05) is 6.26 Å². The first-order valence-electron chi connectivity index (χ1n) is 8.40. The minimum absolute atomic E-state index is 0.232. The lowest BCUT2D eigenvalue weighted by Gasteiger charge is -2.39. The molecular formula is C20H28O. The van der Waals surface area contributed by atoms with Gasteiger partial charge in [0.05, 0.1) is 6.26 Å². The van der Waals surface area contributed by atoms with E-state index < -0.39 is 0 Å². The highest BCUT2D eigenvalue weighted by Crippen LogP contribution is 2.46. The van der Waals surface area contributed by atoms with Gasteiger partial charge in [0.2, 0.25) is 0 Å². The molecule has 0 fully saturated rings. The first-order chi connectivity index (χ1) is 9.98. The highest BCUT2D eigenvalue weighted by atomic mass is 16.3. The monoisotopic (exact) mass is 284 g/mol. The van der Waals surface area contributed by atoms with E-state index in [1.54, 1.807) is 0 Å². The molecule has 2 aliphatic carbocycles. The van der Waals surface area contributed by atoms with Crippen LogP contribution in [0, 0.1) is 5.92 Å². The van der Waals surface area contributed by atoms with Crippen LogP contribution >= 0.6 is 0 Å². The second-order valence-electron chi connectivity index (χ2n) is 7.57. The van der Waals surface area contributed by atoms with Crippen molar-refractivity contribution in [2.24, 2.45) is 5.92 Å². The van der Waals surface area contributed by atoms with Gasteiger partial charge in [-0.25, -0.2) is 0 Å². The number of aryl methyl sites for hydroxylation is 1. The highest BCUT2D eigenvalue weighted by molar-refractivity contribution is 5.40. The third-order valence-corrected chi connectivity index (χ3v) is 5.65. The average Bonchev–Trinajstić information content (AvgIpc) is 2.81. The van der Waals surface area contributed by atoms with Gasteiger partial charge < -0.3 is 4.42 Å². The predicted molar refractivity (Wildman–Crippen MR) is 88.6 cm³/mol. The average molecular weight is 284 g/mol. The number of allylic oxidation sites excluding steroid dienone is 3. The molecule has 1 atom stereocenters. The summed E-state index contributed by atoms with van der Waals surface area (Å²) in [6.45, 7) is 11.4. The van der Waals surface area contributed by atoms with Crippen molar-refractivity contribution in [2.75, 3.05) is 0 Å². The lowest BCUT2D eigenvalue weighted by molar-refractivity contribution is 0.259. The molecule has 0 saturated carbocycles. The summed E-state index contributed by atoms with van der Waals surface area (Å²) in [4.78, 5) is 0. The number of fused-ring (bicyclic) bond motifs is 1. The van der Waals surface area contributed by atoms with Gasteiger partial charge in [0.15, 0.2) is 0 Å². The zero-order valence-electron chi connectivity index (χ0n) is 13.8. The van der Waals surface area contributed by atoms with Gasteiger partial charge in [-0.15, -0.1) is 0 Å². The largest absolute Gasteiger partial charge is 0.468 e. The molecule has 0 saturated heterocycles. The van der Waals surface area contributed by atoms with Crippen LogP contribution in [0.15, 0.2) is 34.5 Å². The molecule has 0 aromatic carbocycles. The van der Waals surface area contributed by atoms with Crippen LogP contribution in [0.3, 0.4) is 0 Å². The summed E-state index contributed by atoms with van der Waals surface area (Å²) in [6.07, 6.45) is 12.6. The van der Waals surface area contributed by atoms with Gasteiger partial charge in [-0.3, -0.25) is 0 Å². The Morgan fingerprint density at radius 2 is 1.95 bits per heavy atom. The minimum Gasteiger partial charge on any atom is -0.468 e. The molecule has 1 heterocycles. The molecule has 0 radical (unpaired) electrons. The van der Waals surface area contributed by atoms with Crippen molar-refractivity contribution in [3.05, 3.63) is 47.0 Å². The fourth-order valence-corrected chi connectivity index (χ4v) is 4.28. The minimum atomic E-state index is 0.232. The van der Waals surface area contributed by atoms with Crippen LogP contribution in [0.2, 0.25) is 0 Å². The zero-order chi connectivity index (χ0) is 15.0. The lowest BCUT2D eigenvalue weighted by Crippen LogP contribution is -2.34. The summed E-state index contributed by atoms with van der Waals surface area (Å²) in [6, 6.07) is 0. The van der Waals surface area contributed by atoms with Gasteiger partial charge in [-0.05, 0) is 62.3 Å². The molecule has 21 heavy (non-hydrogen) atoms. The SMILES string of the molecule is C=C1CC/C=C(\C)Cc2occ3c2C(C)(C)[C@H](CC1)CC3. The van der Waals surface area contributed by atoms with Crippen LogP contribution in [0.4, 0.5) is 0 Å². The molecule has 0 amide bonds. The summed E-state index contributed by atoms with van der Waals surface area (Å²) >= 11 is 0. The van der Waals surface area contributed by atoms with Crippen LogP contribution < -0.4 is 0 Å². The Balaban J connectivity index is 2.02. The van der Waals surface area contributed by atoms with Crippen molar-refractivity contribution >= 4 is 0 Å². The van der Waals surface area contributed by atoms with Crippen molar-refractivity contribution in [3.8, 4) is 0 Å². The number of hydrogen-bond donors (Lipinski definition) is 0. The molecule has 0 spiro atoms. The third-order valence-electron chi connectivity index (χ3n) is 5.65. The van der Waals surface area contributed by atoms with Crippen molar-refractivity contribution in [2.45, 2.75) is 71.1 Å². The van der Waals surface area contributed by atoms with Crippen LogP contribution in [-0.4, -0.2) is 0 Å². The lowest BCUT2D eigenvalue weighted by atomic mass is 9.64. The molecular weight excluding hydrogens is 256 g/mol. The van der Waals surface area contributed by atoms with Crippen molar-refractivity contribution < 1.29 is 4.42 Å². The molecule has 1 aromatic heterocycles. The Hall–Kier alpha value is -1.24. The number of furan rings is 1. The van der Waals surface area contributed by atoms with E-state index in [0.29, 0.717) is 0 Å². The van der Waals surface area contributed by atoms with Gasteiger partial charge in [0.1, 0.15) is 5.76 Å². The van der Waals surface area contributed by atoms with Crippen LogP contribution in [0.1, 0.15) is 69.8 Å². The predicted octanol–water partition coefficient (Wildman–Crippen LogP) is 5.74. The summed E-state index contributed by atoms with van der Waals surface area (Å²) in [5, 5.41) is 0. The van der Waals surface area contributed by atoms with Gasteiger partial charge in [0.25, 0.3) is 0 Å². The van der Waals surface area contributed by atoms with Crippen molar-refractivity contribution in [3.63, 3.8) is 0 Å². The number of rotatable bonds is 0. The summed E-state index contributed by atoms with van der Waals surface area (Å²) in [5.41, 5.74) is 6.05. The normalized spacial score (nSPS) is 28.2. The molecule has 1 heteroatoms. The summed E-state index contributed by atoms with van der Waals surface area (Å²) in [5.74, 6) is 1.97. The van der Waals surface area contributed by atoms with E-state index in [2.05, 4.69) is 33.4 Å². The van der Waals surface area contributed by atoms with E-state index in [9.17, 15) is 0 Å².